The molecule has 3 nitrogen and oxygen atoms in total. The van der Waals surface area contributed by atoms with Crippen LogP contribution in [0.15, 0.2) is 0 Å². The van der Waals surface area contributed by atoms with E-state index >= 15 is 0 Å². The number of amides is 2. The van der Waals surface area contributed by atoms with Crippen molar-refractivity contribution >= 4 is 12.3 Å². The van der Waals surface area contributed by atoms with Crippen LogP contribution >= 0.6 is 0 Å². The second kappa shape index (κ2) is 11.9. The van der Waals surface area contributed by atoms with Gasteiger partial charge in [0, 0.05) is 6.42 Å². The largest absolute Gasteiger partial charge is 0.299 e. The first-order valence-electron chi connectivity index (χ1n) is 3.95. The van der Waals surface area contributed by atoms with E-state index in [-0.39, 0.29) is 5.91 Å². The second-order valence-electron chi connectivity index (χ2n) is 2.14. The Balaban J connectivity index is 0. The van der Waals surface area contributed by atoms with Crippen molar-refractivity contribution in [2.75, 3.05) is 0 Å². The van der Waals surface area contributed by atoms with E-state index in [2.05, 4.69) is 13.8 Å². The highest BCUT2D eigenvalue weighted by Gasteiger charge is 1.93. The Kier molecular flexibility index (Phi) is 13.8. The van der Waals surface area contributed by atoms with Gasteiger partial charge in [0.15, 0.2) is 0 Å². The van der Waals surface area contributed by atoms with Gasteiger partial charge in [0.1, 0.15) is 0 Å². The van der Waals surface area contributed by atoms with Gasteiger partial charge in [-0.1, -0.05) is 27.2 Å². The zero-order valence-electron chi connectivity index (χ0n) is 7.52. The number of carbonyl (C=O) groups is 2. The summed E-state index contributed by atoms with van der Waals surface area (Å²) in [6.45, 7) is 6.13. The summed E-state index contributed by atoms with van der Waals surface area (Å²) in [4.78, 5) is 19.9. The molecule has 11 heavy (non-hydrogen) atoms. The van der Waals surface area contributed by atoms with Crippen molar-refractivity contribution in [1.29, 1.82) is 0 Å². The Morgan fingerprint density at radius 3 is 2.09 bits per heavy atom. The maximum Gasteiger partial charge on any atom is 0.226 e. The Labute approximate surface area is 68.2 Å². The summed E-state index contributed by atoms with van der Waals surface area (Å²) >= 11 is 0. The van der Waals surface area contributed by atoms with Crippen molar-refractivity contribution in [3.63, 3.8) is 0 Å². The third kappa shape index (κ3) is 17.6. The van der Waals surface area contributed by atoms with Crippen molar-refractivity contribution in [1.82, 2.24) is 5.32 Å². The number of nitrogens with one attached hydrogen (secondary N) is 1. The highest BCUT2D eigenvalue weighted by molar-refractivity contribution is 5.85. The topological polar surface area (TPSA) is 46.2 Å². The first-order valence-corrected chi connectivity index (χ1v) is 3.95. The number of rotatable bonds is 3. The smallest absolute Gasteiger partial charge is 0.226 e. The zero-order chi connectivity index (χ0) is 9.11. The van der Waals surface area contributed by atoms with Crippen molar-refractivity contribution < 1.29 is 9.59 Å². The molecular formula is C8H17NO2. The summed E-state index contributed by atoms with van der Waals surface area (Å²) in [5.41, 5.74) is 0. The first-order chi connectivity index (χ1) is 5.22. The average Bonchev–Trinajstić information content (AvgIpc) is 1.90. The van der Waals surface area contributed by atoms with Crippen LogP contribution in [0.25, 0.3) is 0 Å². The molecule has 0 spiro atoms. The van der Waals surface area contributed by atoms with Crippen molar-refractivity contribution in [3.05, 3.63) is 0 Å². The third-order valence-electron chi connectivity index (χ3n) is 0.697. The molecule has 0 fully saturated rings. The van der Waals surface area contributed by atoms with Gasteiger partial charge in [-0.05, 0) is 6.42 Å². The lowest BCUT2D eigenvalue weighted by atomic mass is 10.3. The molecular weight excluding hydrogens is 142 g/mol. The summed E-state index contributed by atoms with van der Waals surface area (Å²) < 4.78 is 0. The van der Waals surface area contributed by atoms with E-state index in [1.165, 1.54) is 6.42 Å². The molecule has 2 amide bonds. The predicted molar refractivity (Wildman–Crippen MR) is 45.1 cm³/mol. The van der Waals surface area contributed by atoms with E-state index in [0.29, 0.717) is 12.8 Å². The lowest BCUT2D eigenvalue weighted by Gasteiger charge is -1.90. The molecule has 0 saturated heterocycles. The molecule has 0 aliphatic heterocycles. The minimum absolute atomic E-state index is 0.206. The molecule has 0 aliphatic carbocycles. The molecule has 0 aromatic rings. The fourth-order valence-electron chi connectivity index (χ4n) is 0.365. The first kappa shape index (κ1) is 12.8. The van der Waals surface area contributed by atoms with Crippen molar-refractivity contribution in [3.8, 4) is 0 Å². The molecule has 0 rings (SSSR count). The van der Waals surface area contributed by atoms with Gasteiger partial charge in [-0.2, -0.15) is 0 Å². The van der Waals surface area contributed by atoms with Crippen LogP contribution in [-0.2, 0) is 9.59 Å². The van der Waals surface area contributed by atoms with Gasteiger partial charge >= 0.3 is 0 Å². The number of hydrogen-bond acceptors (Lipinski definition) is 2. The van der Waals surface area contributed by atoms with Gasteiger partial charge in [0.05, 0.1) is 0 Å². The monoisotopic (exact) mass is 159 g/mol. The fourth-order valence-corrected chi connectivity index (χ4v) is 0.365. The van der Waals surface area contributed by atoms with E-state index in [1.54, 1.807) is 0 Å². The Hall–Kier alpha value is -0.860. The molecule has 3 heteroatoms. The zero-order valence-corrected chi connectivity index (χ0v) is 7.52. The molecule has 0 aliphatic rings. The van der Waals surface area contributed by atoms with Gasteiger partial charge in [0.2, 0.25) is 12.3 Å². The Morgan fingerprint density at radius 2 is 1.82 bits per heavy atom. The molecule has 0 aromatic heterocycles. The van der Waals surface area contributed by atoms with Crippen molar-refractivity contribution in [2.24, 2.45) is 0 Å². The van der Waals surface area contributed by atoms with Crippen LogP contribution in [0.2, 0.25) is 0 Å². The lowest BCUT2D eigenvalue weighted by Crippen LogP contribution is -2.20. The van der Waals surface area contributed by atoms with E-state index in [1.807, 2.05) is 12.2 Å². The maximum absolute atomic E-state index is 10.3. The minimum atomic E-state index is -0.206. The SMILES string of the molecule is CCC.CCCC(=O)NC=O. The summed E-state index contributed by atoms with van der Waals surface area (Å²) in [5.74, 6) is -0.206. The molecule has 0 unspecified atom stereocenters. The fraction of sp³-hybridized carbons (Fsp3) is 0.750. The maximum atomic E-state index is 10.3. The van der Waals surface area contributed by atoms with Crippen LogP contribution in [0.5, 0.6) is 0 Å². The molecule has 0 heterocycles. The summed E-state index contributed by atoms with van der Waals surface area (Å²) in [7, 11) is 0. The van der Waals surface area contributed by atoms with Crippen molar-refractivity contribution in [2.45, 2.75) is 40.0 Å². The quantitative estimate of drug-likeness (QED) is 0.634. The second-order valence-corrected chi connectivity index (χ2v) is 2.14. The van der Waals surface area contributed by atoms with Gasteiger partial charge in [-0.15, -0.1) is 0 Å². The Bertz CT molecular complexity index is 102. The van der Waals surface area contributed by atoms with Crippen LogP contribution in [0, 0.1) is 0 Å². The summed E-state index contributed by atoms with van der Waals surface area (Å²) in [6.07, 6.45) is 2.86. The van der Waals surface area contributed by atoms with Crippen LogP contribution < -0.4 is 5.32 Å². The van der Waals surface area contributed by atoms with Gasteiger partial charge < -0.3 is 0 Å². The molecule has 0 aromatic carbocycles. The van der Waals surface area contributed by atoms with E-state index in [4.69, 9.17) is 0 Å². The van der Waals surface area contributed by atoms with Gasteiger partial charge in [-0.25, -0.2) is 0 Å². The van der Waals surface area contributed by atoms with Gasteiger partial charge in [-0.3, -0.25) is 14.9 Å². The predicted octanol–water partition coefficient (Wildman–Crippen LogP) is 1.48. The third-order valence-corrected chi connectivity index (χ3v) is 0.697. The summed E-state index contributed by atoms with van der Waals surface area (Å²) in [5, 5.41) is 2.03. The summed E-state index contributed by atoms with van der Waals surface area (Å²) in [6, 6.07) is 0. The van der Waals surface area contributed by atoms with Crippen LogP contribution in [-0.4, -0.2) is 12.3 Å². The number of carbonyl (C=O) groups excluding carboxylic acids is 2. The normalized spacial score (nSPS) is 7.55. The highest BCUT2D eigenvalue weighted by Crippen LogP contribution is 1.82. The van der Waals surface area contributed by atoms with E-state index in [9.17, 15) is 9.59 Å². The molecule has 0 bridgehead atoms. The van der Waals surface area contributed by atoms with E-state index < -0.39 is 0 Å². The molecule has 1 N–H and O–H groups in total. The lowest BCUT2D eigenvalue weighted by molar-refractivity contribution is -0.125. The van der Waals surface area contributed by atoms with Crippen LogP contribution in [0.3, 0.4) is 0 Å². The highest BCUT2D eigenvalue weighted by atomic mass is 16.2. The standard InChI is InChI=1S/C5H9NO2.C3H8/c1-2-3-5(8)6-4-7;1-3-2/h4H,2-3H2,1H3,(H,6,7,8);3H2,1-2H3. The number of hydrogen-bond donors (Lipinski definition) is 1. The van der Waals surface area contributed by atoms with Gasteiger partial charge in [0.25, 0.3) is 0 Å². The number of imide groups is 1. The molecule has 0 radical (unpaired) electrons. The van der Waals surface area contributed by atoms with E-state index in [0.717, 1.165) is 6.42 Å². The average molecular weight is 159 g/mol. The van der Waals surface area contributed by atoms with Crippen LogP contribution in [0.1, 0.15) is 40.0 Å². The molecule has 0 atom stereocenters. The molecule has 66 valence electrons. The Morgan fingerprint density at radius 1 is 1.36 bits per heavy atom. The molecule has 0 saturated carbocycles. The minimum Gasteiger partial charge on any atom is -0.299 e. The van der Waals surface area contributed by atoms with Crippen LogP contribution in [0.4, 0.5) is 0 Å².